The van der Waals surface area contributed by atoms with Gasteiger partial charge in [0.25, 0.3) is 5.91 Å². The minimum atomic E-state index is -0.748. The number of morpholine rings is 1. The van der Waals surface area contributed by atoms with Gasteiger partial charge in [-0.2, -0.15) is 0 Å². The molecule has 0 bridgehead atoms. The van der Waals surface area contributed by atoms with Crippen molar-refractivity contribution in [3.63, 3.8) is 0 Å². The first-order valence-corrected chi connectivity index (χ1v) is 13.5. The molecule has 0 saturated carbocycles. The number of quaternary nitrogens is 1. The van der Waals surface area contributed by atoms with Gasteiger partial charge in [-0.15, -0.1) is 0 Å². The second-order valence-corrected chi connectivity index (χ2v) is 10.4. The van der Waals surface area contributed by atoms with E-state index in [1.807, 2.05) is 52.0 Å². The molecule has 2 aromatic rings. The van der Waals surface area contributed by atoms with Crippen LogP contribution in [0.5, 0.6) is 11.5 Å². The van der Waals surface area contributed by atoms with Crippen molar-refractivity contribution in [1.29, 1.82) is 0 Å². The van der Waals surface area contributed by atoms with Crippen LogP contribution in [0, 0.1) is 0 Å². The van der Waals surface area contributed by atoms with E-state index >= 15 is 0 Å². The summed E-state index contributed by atoms with van der Waals surface area (Å²) in [6, 6.07) is 13.3. The fourth-order valence-electron chi connectivity index (χ4n) is 4.97. The van der Waals surface area contributed by atoms with E-state index in [9.17, 15) is 14.7 Å². The monoisotopic (exact) mass is 522 g/mol. The summed E-state index contributed by atoms with van der Waals surface area (Å²) in [5.74, 6) is -0.468. The highest BCUT2D eigenvalue weighted by molar-refractivity contribution is 6.46. The van der Waals surface area contributed by atoms with Gasteiger partial charge in [0.1, 0.15) is 24.6 Å². The quantitative estimate of drug-likeness (QED) is 0.291. The normalized spacial score (nSPS) is 19.9. The lowest BCUT2D eigenvalue weighted by molar-refractivity contribution is -0.908. The molecule has 1 unspecified atom stereocenters. The van der Waals surface area contributed by atoms with Gasteiger partial charge in [0, 0.05) is 18.5 Å². The highest BCUT2D eigenvalue weighted by Crippen LogP contribution is 2.39. The van der Waals surface area contributed by atoms with Gasteiger partial charge in [0.2, 0.25) is 5.78 Å². The number of benzene rings is 2. The fourth-order valence-corrected chi connectivity index (χ4v) is 4.97. The Hall–Kier alpha value is -3.36. The molecule has 0 spiro atoms. The van der Waals surface area contributed by atoms with Crippen LogP contribution < -0.4 is 19.5 Å². The Morgan fingerprint density at radius 2 is 1.50 bits per heavy atom. The van der Waals surface area contributed by atoms with Crippen LogP contribution in [-0.2, 0) is 14.3 Å². The van der Waals surface area contributed by atoms with Gasteiger partial charge in [-0.05, 0) is 63.1 Å². The number of nitrogens with zero attached hydrogens (tertiary/aromatic N) is 1. The number of nitrogens with one attached hydrogen (secondary N) is 1. The van der Waals surface area contributed by atoms with Gasteiger partial charge in [-0.3, -0.25) is 9.59 Å². The summed E-state index contributed by atoms with van der Waals surface area (Å²) >= 11 is 0. The Morgan fingerprint density at radius 1 is 0.947 bits per heavy atom. The average Bonchev–Trinajstić information content (AvgIpc) is 3.14. The maximum Gasteiger partial charge on any atom is 0.295 e. The number of likely N-dealkylation sites (tertiary alicyclic amines) is 1. The second-order valence-electron chi connectivity index (χ2n) is 10.4. The number of hydrogen-bond donors (Lipinski definition) is 1. The van der Waals surface area contributed by atoms with Crippen LogP contribution in [-0.4, -0.2) is 68.2 Å². The first kappa shape index (κ1) is 27.7. The molecule has 0 aromatic heterocycles. The van der Waals surface area contributed by atoms with Gasteiger partial charge >= 0.3 is 0 Å². The third-order valence-corrected chi connectivity index (χ3v) is 6.71. The molecule has 8 nitrogen and oxygen atoms in total. The molecule has 1 atom stereocenters. The number of carbonyl (C=O) groups is 2. The maximum absolute atomic E-state index is 13.7. The Labute approximate surface area is 224 Å². The van der Waals surface area contributed by atoms with E-state index in [2.05, 4.69) is 0 Å². The van der Waals surface area contributed by atoms with Crippen LogP contribution in [0.15, 0.2) is 54.1 Å². The summed E-state index contributed by atoms with van der Waals surface area (Å²) in [5, 5.41) is 13.7. The predicted molar refractivity (Wildman–Crippen MR) is 142 cm³/mol. The van der Waals surface area contributed by atoms with Crippen LogP contribution in [0.1, 0.15) is 51.3 Å². The van der Waals surface area contributed by atoms with E-state index in [1.165, 1.54) is 4.90 Å². The van der Waals surface area contributed by atoms with Crippen molar-refractivity contribution in [1.82, 2.24) is 4.90 Å². The lowest BCUT2D eigenvalue weighted by Gasteiger charge is -2.29. The van der Waals surface area contributed by atoms with Crippen molar-refractivity contribution in [3.05, 3.63) is 65.2 Å². The SMILES string of the molecule is CC(C)Oc1ccc(/C([O-])=C2\C(=O)C(=O)N(CCC[NH+]3CCOCC3)C2c2ccc(OC(C)C)cc2)cc1. The molecule has 8 heteroatoms. The minimum Gasteiger partial charge on any atom is -0.872 e. The van der Waals surface area contributed by atoms with E-state index in [0.717, 1.165) is 39.3 Å². The summed E-state index contributed by atoms with van der Waals surface area (Å²) in [4.78, 5) is 29.5. The van der Waals surface area contributed by atoms with Gasteiger partial charge in [0.15, 0.2) is 0 Å². The van der Waals surface area contributed by atoms with E-state index in [1.54, 1.807) is 29.2 Å². The summed E-state index contributed by atoms with van der Waals surface area (Å²) in [5.41, 5.74) is 1.05. The zero-order chi connectivity index (χ0) is 27.2. The molecule has 204 valence electrons. The molecule has 0 aliphatic carbocycles. The van der Waals surface area contributed by atoms with Crippen LogP contribution in [0.4, 0.5) is 0 Å². The molecular weight excluding hydrogens is 484 g/mol. The Balaban J connectivity index is 1.65. The zero-order valence-electron chi connectivity index (χ0n) is 22.7. The number of hydrogen-bond acceptors (Lipinski definition) is 6. The summed E-state index contributed by atoms with van der Waals surface area (Å²) in [6.07, 6.45) is 0.739. The van der Waals surface area contributed by atoms with Crippen molar-refractivity contribution < 1.29 is 33.8 Å². The highest BCUT2D eigenvalue weighted by Gasteiger charge is 2.44. The van der Waals surface area contributed by atoms with Crippen molar-refractivity contribution in [3.8, 4) is 11.5 Å². The average molecular weight is 523 g/mol. The maximum atomic E-state index is 13.7. The van der Waals surface area contributed by atoms with Crippen molar-refractivity contribution in [2.75, 3.05) is 39.4 Å². The molecule has 2 heterocycles. The smallest absolute Gasteiger partial charge is 0.295 e. The van der Waals surface area contributed by atoms with Crippen LogP contribution >= 0.6 is 0 Å². The molecule has 2 saturated heterocycles. The Kier molecular flexibility index (Phi) is 9.07. The molecule has 4 rings (SSSR count). The number of ether oxygens (including phenoxy) is 3. The van der Waals surface area contributed by atoms with Gasteiger partial charge in [-0.25, -0.2) is 0 Å². The van der Waals surface area contributed by atoms with E-state index in [-0.39, 0.29) is 17.8 Å². The number of carbonyl (C=O) groups excluding carboxylic acids is 2. The number of rotatable bonds is 10. The predicted octanol–water partition coefficient (Wildman–Crippen LogP) is 1.79. The summed E-state index contributed by atoms with van der Waals surface area (Å²) < 4.78 is 16.9. The summed E-state index contributed by atoms with van der Waals surface area (Å²) in [6.45, 7) is 12.3. The summed E-state index contributed by atoms with van der Waals surface area (Å²) in [7, 11) is 0. The van der Waals surface area contributed by atoms with E-state index in [4.69, 9.17) is 14.2 Å². The number of Topliss-reactive ketones (excluding diaryl/α,β-unsaturated/α-hetero) is 1. The first-order valence-electron chi connectivity index (χ1n) is 13.5. The molecule has 2 aliphatic rings. The van der Waals surface area contributed by atoms with Gasteiger partial charge in [-0.1, -0.05) is 30.0 Å². The Morgan fingerprint density at radius 3 is 2.05 bits per heavy atom. The van der Waals surface area contributed by atoms with Gasteiger partial charge in [0.05, 0.1) is 38.0 Å². The Bertz CT molecular complexity index is 1130. The molecule has 2 fully saturated rings. The molecule has 2 aromatic carbocycles. The van der Waals surface area contributed by atoms with E-state index < -0.39 is 23.5 Å². The molecule has 2 aliphatic heterocycles. The van der Waals surface area contributed by atoms with Crippen LogP contribution in [0.3, 0.4) is 0 Å². The third-order valence-electron chi connectivity index (χ3n) is 6.71. The molecule has 1 amide bonds. The highest BCUT2D eigenvalue weighted by atomic mass is 16.5. The number of amides is 1. The standard InChI is InChI=1S/C30H38N2O6/c1-20(2)37-24-10-6-22(7-11-24)27-26(28(33)23-8-12-25(13-9-23)38-21(3)4)29(34)30(35)32(27)15-5-14-31-16-18-36-19-17-31/h6-13,20-21,27,33H,5,14-19H2,1-4H3/b28-26+. The minimum absolute atomic E-state index is 0.000146. The van der Waals surface area contributed by atoms with Crippen LogP contribution in [0.2, 0.25) is 0 Å². The lowest BCUT2D eigenvalue weighted by Crippen LogP contribution is -3.14. The molecule has 1 N–H and O–H groups in total. The molecule has 38 heavy (non-hydrogen) atoms. The fraction of sp³-hybridized carbons (Fsp3) is 0.467. The molecular formula is C30H38N2O6. The third kappa shape index (κ3) is 6.55. The first-order chi connectivity index (χ1) is 18.2. The largest absolute Gasteiger partial charge is 0.872 e. The van der Waals surface area contributed by atoms with Crippen molar-refractivity contribution >= 4 is 17.4 Å². The molecule has 0 radical (unpaired) electrons. The van der Waals surface area contributed by atoms with E-state index in [0.29, 0.717) is 29.2 Å². The van der Waals surface area contributed by atoms with Gasteiger partial charge < -0.3 is 29.1 Å². The topological polar surface area (TPSA) is 92.6 Å². The second kappa shape index (κ2) is 12.5. The lowest BCUT2D eigenvalue weighted by atomic mass is 9.95. The van der Waals surface area contributed by atoms with Crippen molar-refractivity contribution in [2.24, 2.45) is 0 Å². The van der Waals surface area contributed by atoms with Crippen LogP contribution in [0.25, 0.3) is 5.76 Å². The number of ketones is 1. The zero-order valence-corrected chi connectivity index (χ0v) is 22.7. The van der Waals surface area contributed by atoms with Crippen molar-refractivity contribution in [2.45, 2.75) is 52.4 Å².